The highest BCUT2D eigenvalue weighted by Gasteiger charge is 2.14. The van der Waals surface area contributed by atoms with E-state index in [9.17, 15) is 9.18 Å². The highest BCUT2D eigenvalue weighted by atomic mass is 19.1. The number of benzene rings is 3. The van der Waals surface area contributed by atoms with Crippen LogP contribution in [0.15, 0.2) is 72.9 Å². The molecule has 7 nitrogen and oxygen atoms in total. The molecule has 0 saturated carbocycles. The van der Waals surface area contributed by atoms with Gasteiger partial charge >= 0.3 is 6.03 Å². The van der Waals surface area contributed by atoms with Crippen molar-refractivity contribution >= 4 is 34.3 Å². The number of halogens is 1. The first-order valence-corrected chi connectivity index (χ1v) is 10.7. The minimum absolute atomic E-state index is 0.125. The van der Waals surface area contributed by atoms with Crippen molar-refractivity contribution in [1.29, 1.82) is 0 Å². The zero-order chi connectivity index (χ0) is 22.6. The molecular weight excluding hydrogens is 421 g/mol. The summed E-state index contributed by atoms with van der Waals surface area (Å²) in [6.07, 6.45) is 1.81. The zero-order valence-electron chi connectivity index (χ0n) is 17.8. The van der Waals surface area contributed by atoms with Gasteiger partial charge < -0.3 is 20.3 Å². The fourth-order valence-electron chi connectivity index (χ4n) is 3.72. The summed E-state index contributed by atoms with van der Waals surface area (Å²) in [5, 5.41) is 5.22. The van der Waals surface area contributed by atoms with Gasteiger partial charge in [0.15, 0.2) is 0 Å². The van der Waals surface area contributed by atoms with Crippen LogP contribution in [0.2, 0.25) is 0 Å². The van der Waals surface area contributed by atoms with Crippen LogP contribution in [0, 0.1) is 5.82 Å². The number of ether oxygens (including phenoxy) is 1. The van der Waals surface area contributed by atoms with E-state index in [1.807, 2.05) is 30.3 Å². The summed E-state index contributed by atoms with van der Waals surface area (Å²) in [5.74, 6) is 0.363. The van der Waals surface area contributed by atoms with Crippen molar-refractivity contribution in [1.82, 2.24) is 9.97 Å². The Morgan fingerprint density at radius 3 is 2.45 bits per heavy atom. The van der Waals surface area contributed by atoms with Crippen molar-refractivity contribution < 1.29 is 13.9 Å². The van der Waals surface area contributed by atoms with Crippen LogP contribution in [-0.2, 0) is 4.74 Å². The molecular formula is C25H22FN5O2. The van der Waals surface area contributed by atoms with Crippen molar-refractivity contribution in [2.24, 2.45) is 0 Å². The average Bonchev–Trinajstić information content (AvgIpc) is 2.86. The van der Waals surface area contributed by atoms with Gasteiger partial charge in [-0.25, -0.2) is 14.2 Å². The molecule has 1 aliphatic heterocycles. The number of fused-ring (bicyclic) bond motifs is 1. The largest absolute Gasteiger partial charge is 0.378 e. The van der Waals surface area contributed by atoms with Crippen LogP contribution in [0.1, 0.15) is 0 Å². The minimum atomic E-state index is -0.510. The number of morpholine rings is 1. The maximum absolute atomic E-state index is 13.7. The van der Waals surface area contributed by atoms with Crippen molar-refractivity contribution in [2.75, 3.05) is 41.8 Å². The van der Waals surface area contributed by atoms with E-state index in [1.54, 1.807) is 30.5 Å². The Bertz CT molecular complexity index is 1290. The van der Waals surface area contributed by atoms with Gasteiger partial charge in [-0.2, -0.15) is 0 Å². The lowest BCUT2D eigenvalue weighted by Crippen LogP contribution is -2.36. The van der Waals surface area contributed by atoms with Crippen LogP contribution in [0.5, 0.6) is 0 Å². The molecule has 8 heteroatoms. The molecule has 2 N–H and O–H groups in total. The Labute approximate surface area is 190 Å². The van der Waals surface area contributed by atoms with Gasteiger partial charge in [-0.15, -0.1) is 0 Å². The van der Waals surface area contributed by atoms with Gasteiger partial charge in [-0.1, -0.05) is 30.3 Å². The number of anilines is 3. The van der Waals surface area contributed by atoms with E-state index in [2.05, 4.69) is 20.5 Å². The van der Waals surface area contributed by atoms with Crippen LogP contribution < -0.4 is 15.5 Å². The SMILES string of the molecule is O=C(Nc1ccc(-c2ccc3ncc(N4CCOCC4)nc3c2)cc1)Nc1ccccc1F. The summed E-state index contributed by atoms with van der Waals surface area (Å²) in [5.41, 5.74) is 4.36. The number of hydrogen-bond acceptors (Lipinski definition) is 5. The third kappa shape index (κ3) is 4.75. The van der Waals surface area contributed by atoms with Gasteiger partial charge in [-0.05, 0) is 47.5 Å². The van der Waals surface area contributed by atoms with Crippen molar-refractivity contribution in [3.05, 3.63) is 78.7 Å². The normalized spacial score (nSPS) is 13.7. The second kappa shape index (κ2) is 9.22. The number of carbonyl (C=O) groups excluding carboxylic acids is 1. The first-order valence-electron chi connectivity index (χ1n) is 10.7. The number of amides is 2. The monoisotopic (exact) mass is 443 g/mol. The van der Waals surface area contributed by atoms with Gasteiger partial charge in [0.25, 0.3) is 0 Å². The van der Waals surface area contributed by atoms with Gasteiger partial charge in [0, 0.05) is 18.8 Å². The number of urea groups is 1. The van der Waals surface area contributed by atoms with Crippen LogP contribution in [-0.4, -0.2) is 42.3 Å². The van der Waals surface area contributed by atoms with Crippen molar-refractivity contribution in [2.45, 2.75) is 0 Å². The molecule has 1 fully saturated rings. The molecule has 2 heterocycles. The van der Waals surface area contributed by atoms with E-state index in [4.69, 9.17) is 9.72 Å². The summed E-state index contributed by atoms with van der Waals surface area (Å²) in [7, 11) is 0. The number of hydrogen-bond donors (Lipinski definition) is 2. The van der Waals surface area contributed by atoms with E-state index < -0.39 is 11.8 Å². The lowest BCUT2D eigenvalue weighted by Gasteiger charge is -2.27. The molecule has 0 unspecified atom stereocenters. The quantitative estimate of drug-likeness (QED) is 0.468. The highest BCUT2D eigenvalue weighted by molar-refractivity contribution is 6.00. The second-order valence-electron chi connectivity index (χ2n) is 7.67. The molecule has 1 saturated heterocycles. The molecule has 4 aromatic rings. The summed E-state index contributed by atoms with van der Waals surface area (Å²) in [4.78, 5) is 23.7. The molecule has 3 aromatic carbocycles. The van der Waals surface area contributed by atoms with Gasteiger partial charge in [0.05, 0.1) is 36.1 Å². The summed E-state index contributed by atoms with van der Waals surface area (Å²) < 4.78 is 19.1. The highest BCUT2D eigenvalue weighted by Crippen LogP contribution is 2.26. The van der Waals surface area contributed by atoms with E-state index >= 15 is 0 Å². The minimum Gasteiger partial charge on any atom is -0.378 e. The van der Waals surface area contributed by atoms with E-state index in [0.29, 0.717) is 18.9 Å². The Morgan fingerprint density at radius 1 is 0.909 bits per heavy atom. The third-order valence-electron chi connectivity index (χ3n) is 5.46. The molecule has 1 aromatic heterocycles. The number of nitrogens with one attached hydrogen (secondary N) is 2. The summed E-state index contributed by atoms with van der Waals surface area (Å²) in [6, 6.07) is 18.9. The van der Waals surface area contributed by atoms with Gasteiger partial charge in [0.2, 0.25) is 0 Å². The number of nitrogens with zero attached hydrogens (tertiary/aromatic N) is 3. The first-order chi connectivity index (χ1) is 16.2. The second-order valence-corrected chi connectivity index (χ2v) is 7.67. The molecule has 1 aliphatic rings. The van der Waals surface area contributed by atoms with Gasteiger partial charge in [0.1, 0.15) is 11.6 Å². The molecule has 2 amide bonds. The number of carbonyl (C=O) groups is 1. The topological polar surface area (TPSA) is 79.4 Å². The number of para-hydroxylation sites is 1. The third-order valence-corrected chi connectivity index (χ3v) is 5.46. The van der Waals surface area contributed by atoms with E-state index in [-0.39, 0.29) is 5.69 Å². The maximum Gasteiger partial charge on any atom is 0.323 e. The molecule has 0 radical (unpaired) electrons. The summed E-state index contributed by atoms with van der Waals surface area (Å²) in [6.45, 7) is 2.99. The predicted molar refractivity (Wildman–Crippen MR) is 127 cm³/mol. The Morgan fingerprint density at radius 2 is 1.67 bits per heavy atom. The predicted octanol–water partition coefficient (Wildman–Crippen LogP) is 4.92. The van der Waals surface area contributed by atoms with E-state index in [1.165, 1.54) is 12.1 Å². The van der Waals surface area contributed by atoms with Crippen LogP contribution >= 0.6 is 0 Å². The standard InChI is InChI=1S/C25H22FN5O2/c26-20-3-1-2-4-21(20)30-25(32)28-19-8-5-17(6-9-19)18-7-10-22-23(15-18)29-24(16-27-22)31-11-13-33-14-12-31/h1-10,15-16H,11-14H2,(H2,28,30,32). The molecule has 33 heavy (non-hydrogen) atoms. The maximum atomic E-state index is 13.7. The average molecular weight is 443 g/mol. The summed E-state index contributed by atoms with van der Waals surface area (Å²) >= 11 is 0. The fraction of sp³-hybridized carbons (Fsp3) is 0.160. The van der Waals surface area contributed by atoms with Crippen molar-refractivity contribution in [3.8, 4) is 11.1 Å². The Kier molecular flexibility index (Phi) is 5.82. The molecule has 0 spiro atoms. The molecule has 166 valence electrons. The van der Waals surface area contributed by atoms with Crippen LogP contribution in [0.3, 0.4) is 0 Å². The first kappa shape index (κ1) is 20.8. The molecule has 5 rings (SSSR count). The van der Waals surface area contributed by atoms with Crippen LogP contribution in [0.4, 0.5) is 26.4 Å². The zero-order valence-corrected chi connectivity index (χ0v) is 17.8. The fourth-order valence-corrected chi connectivity index (χ4v) is 3.72. The molecule has 0 aliphatic carbocycles. The molecule has 0 atom stereocenters. The lowest BCUT2D eigenvalue weighted by molar-refractivity contribution is 0.122. The number of rotatable bonds is 4. The molecule has 0 bridgehead atoms. The van der Waals surface area contributed by atoms with Crippen molar-refractivity contribution in [3.63, 3.8) is 0 Å². The Balaban J connectivity index is 1.31. The Hall–Kier alpha value is -4.04. The van der Waals surface area contributed by atoms with Crippen LogP contribution in [0.25, 0.3) is 22.2 Å². The van der Waals surface area contributed by atoms with E-state index in [0.717, 1.165) is 41.1 Å². The van der Waals surface area contributed by atoms with Gasteiger partial charge in [-0.3, -0.25) is 4.98 Å². The smallest absolute Gasteiger partial charge is 0.323 e. The lowest BCUT2D eigenvalue weighted by atomic mass is 10.0. The number of aromatic nitrogens is 2.